The van der Waals surface area contributed by atoms with Crippen molar-refractivity contribution in [3.63, 3.8) is 0 Å². The predicted octanol–water partition coefficient (Wildman–Crippen LogP) is 0.00824. The zero-order valence-corrected chi connectivity index (χ0v) is 13.1. The minimum atomic E-state index is -0.532. The van der Waals surface area contributed by atoms with Crippen LogP contribution < -0.4 is 5.32 Å². The number of hydrogen-bond acceptors (Lipinski definition) is 4. The second-order valence-corrected chi connectivity index (χ2v) is 5.49. The average molecular weight is 282 g/mol. The maximum Gasteiger partial charge on any atom is 0.220 e. The molecule has 0 saturated heterocycles. The van der Waals surface area contributed by atoms with Crippen LogP contribution in [0.4, 0.5) is 0 Å². The summed E-state index contributed by atoms with van der Waals surface area (Å²) in [5.41, 5.74) is 3.21. The molecule has 0 bridgehead atoms. The van der Waals surface area contributed by atoms with Gasteiger partial charge < -0.3 is 15.3 Å². The number of hydrogen-bond donors (Lipinski definition) is 2. The molecule has 0 aliphatic carbocycles. The molecular formula is C14H26N4O2. The minimum absolute atomic E-state index is 0.0366. The molecule has 0 fully saturated rings. The number of rotatable bonds is 7. The summed E-state index contributed by atoms with van der Waals surface area (Å²) in [6.07, 6.45) is 0.569. The van der Waals surface area contributed by atoms with Crippen molar-refractivity contribution in [1.29, 1.82) is 0 Å². The minimum Gasteiger partial charge on any atom is -0.390 e. The van der Waals surface area contributed by atoms with E-state index < -0.39 is 6.10 Å². The molecule has 0 aromatic carbocycles. The molecule has 6 heteroatoms. The highest BCUT2D eigenvalue weighted by Gasteiger charge is 2.12. The van der Waals surface area contributed by atoms with E-state index in [9.17, 15) is 9.90 Å². The van der Waals surface area contributed by atoms with Gasteiger partial charge in [0, 0.05) is 32.3 Å². The van der Waals surface area contributed by atoms with Gasteiger partial charge in [0.1, 0.15) is 0 Å². The van der Waals surface area contributed by atoms with Gasteiger partial charge in [0.2, 0.25) is 5.91 Å². The van der Waals surface area contributed by atoms with Crippen LogP contribution in [0.5, 0.6) is 0 Å². The Morgan fingerprint density at radius 3 is 2.60 bits per heavy atom. The van der Waals surface area contributed by atoms with Crippen molar-refractivity contribution in [2.24, 2.45) is 7.05 Å². The van der Waals surface area contributed by atoms with Crippen LogP contribution >= 0.6 is 0 Å². The normalized spacial score (nSPS) is 12.8. The maximum absolute atomic E-state index is 11.8. The van der Waals surface area contributed by atoms with Crippen LogP contribution in [-0.4, -0.2) is 59.0 Å². The van der Waals surface area contributed by atoms with Gasteiger partial charge in [0.05, 0.1) is 11.8 Å². The number of nitrogens with one attached hydrogen (secondary N) is 1. The third-order valence-electron chi connectivity index (χ3n) is 3.37. The molecule has 0 aliphatic heterocycles. The van der Waals surface area contributed by atoms with Crippen molar-refractivity contribution in [2.75, 3.05) is 27.2 Å². The molecule has 114 valence electrons. The number of carbonyl (C=O) groups is 1. The van der Waals surface area contributed by atoms with Gasteiger partial charge in [0.15, 0.2) is 0 Å². The number of aliphatic hydroxyl groups is 1. The van der Waals surface area contributed by atoms with Gasteiger partial charge in [-0.05, 0) is 39.9 Å². The molecule has 6 nitrogen and oxygen atoms in total. The van der Waals surface area contributed by atoms with Crippen molar-refractivity contribution in [3.8, 4) is 0 Å². The Morgan fingerprint density at radius 1 is 1.45 bits per heavy atom. The molecule has 0 radical (unpaired) electrons. The lowest BCUT2D eigenvalue weighted by Gasteiger charge is -2.16. The molecule has 20 heavy (non-hydrogen) atoms. The van der Waals surface area contributed by atoms with E-state index in [0.717, 1.165) is 17.0 Å². The second-order valence-electron chi connectivity index (χ2n) is 5.49. The molecule has 0 aliphatic rings. The molecule has 2 N–H and O–H groups in total. The number of aromatic nitrogens is 2. The van der Waals surface area contributed by atoms with Crippen molar-refractivity contribution >= 4 is 5.91 Å². The summed E-state index contributed by atoms with van der Waals surface area (Å²) in [4.78, 5) is 13.7. The third-order valence-corrected chi connectivity index (χ3v) is 3.37. The molecule has 1 atom stereocenters. The van der Waals surface area contributed by atoms with Crippen LogP contribution in [0.2, 0.25) is 0 Å². The molecule has 1 aromatic heterocycles. The lowest BCUT2D eigenvalue weighted by molar-refractivity contribution is -0.121. The summed E-state index contributed by atoms with van der Waals surface area (Å²) in [6, 6.07) is 0. The Hall–Kier alpha value is -1.40. The summed E-state index contributed by atoms with van der Waals surface area (Å²) in [5.74, 6) is -0.0366. The highest BCUT2D eigenvalue weighted by Crippen LogP contribution is 2.13. The Labute approximate surface area is 120 Å². The van der Waals surface area contributed by atoms with Gasteiger partial charge in [-0.15, -0.1) is 0 Å². The molecule has 0 spiro atoms. The van der Waals surface area contributed by atoms with Gasteiger partial charge in [-0.1, -0.05) is 0 Å². The largest absolute Gasteiger partial charge is 0.390 e. The van der Waals surface area contributed by atoms with Crippen LogP contribution in [-0.2, 0) is 18.3 Å². The summed E-state index contributed by atoms with van der Waals surface area (Å²) in [6.45, 7) is 4.80. The van der Waals surface area contributed by atoms with Crippen LogP contribution in [0.15, 0.2) is 0 Å². The Kier molecular flexibility index (Phi) is 6.16. The van der Waals surface area contributed by atoms with Crippen molar-refractivity contribution in [2.45, 2.75) is 32.8 Å². The highest BCUT2D eigenvalue weighted by molar-refractivity contribution is 5.76. The SMILES string of the molecule is Cc1nn(C)c(C)c1CCC(=O)NCC(O)CN(C)C. The first-order valence-corrected chi connectivity index (χ1v) is 6.89. The fraction of sp³-hybridized carbons (Fsp3) is 0.714. The topological polar surface area (TPSA) is 70.4 Å². The van der Waals surface area contributed by atoms with Crippen LogP contribution in [0, 0.1) is 13.8 Å². The zero-order chi connectivity index (χ0) is 15.3. The molecule has 1 amide bonds. The first-order chi connectivity index (χ1) is 9.31. The molecular weight excluding hydrogens is 256 g/mol. The first-order valence-electron chi connectivity index (χ1n) is 6.89. The summed E-state index contributed by atoms with van der Waals surface area (Å²) >= 11 is 0. The zero-order valence-electron chi connectivity index (χ0n) is 13.1. The number of nitrogens with zero attached hydrogens (tertiary/aromatic N) is 3. The van der Waals surface area contributed by atoms with E-state index in [1.54, 1.807) is 0 Å². The van der Waals surface area contributed by atoms with Crippen LogP contribution in [0.25, 0.3) is 0 Å². The van der Waals surface area contributed by atoms with Crippen LogP contribution in [0.1, 0.15) is 23.4 Å². The molecule has 1 aromatic rings. The number of aliphatic hydroxyl groups excluding tert-OH is 1. The quantitative estimate of drug-likeness (QED) is 0.739. The van der Waals surface area contributed by atoms with Gasteiger partial charge in [-0.2, -0.15) is 5.10 Å². The standard InChI is InChI=1S/C14H26N4O2/c1-10-13(11(2)18(5)16-10)6-7-14(20)15-8-12(19)9-17(3)4/h12,19H,6-9H2,1-5H3,(H,15,20). The van der Waals surface area contributed by atoms with Crippen molar-refractivity contribution < 1.29 is 9.90 Å². The Balaban J connectivity index is 2.36. The van der Waals surface area contributed by atoms with E-state index in [1.807, 2.05) is 44.6 Å². The lowest BCUT2D eigenvalue weighted by atomic mass is 10.1. The summed E-state index contributed by atoms with van der Waals surface area (Å²) in [5, 5.41) is 16.8. The van der Waals surface area contributed by atoms with Gasteiger partial charge >= 0.3 is 0 Å². The van der Waals surface area contributed by atoms with E-state index >= 15 is 0 Å². The molecule has 1 rings (SSSR count). The van der Waals surface area contributed by atoms with E-state index in [4.69, 9.17) is 0 Å². The van der Waals surface area contributed by atoms with Crippen molar-refractivity contribution in [3.05, 3.63) is 17.0 Å². The van der Waals surface area contributed by atoms with E-state index in [1.165, 1.54) is 0 Å². The Bertz CT molecular complexity index is 454. The number of carbonyl (C=O) groups excluding carboxylic acids is 1. The van der Waals surface area contributed by atoms with Gasteiger partial charge in [0.25, 0.3) is 0 Å². The van der Waals surface area contributed by atoms with Crippen LogP contribution in [0.3, 0.4) is 0 Å². The maximum atomic E-state index is 11.8. The first kappa shape index (κ1) is 16.7. The summed E-state index contributed by atoms with van der Waals surface area (Å²) < 4.78 is 1.84. The average Bonchev–Trinajstić information content (AvgIpc) is 2.58. The third kappa shape index (κ3) is 4.94. The molecule has 1 unspecified atom stereocenters. The number of aryl methyl sites for hydroxylation is 2. The Morgan fingerprint density at radius 2 is 2.10 bits per heavy atom. The fourth-order valence-corrected chi connectivity index (χ4v) is 2.22. The number of amides is 1. The van der Waals surface area contributed by atoms with E-state index in [2.05, 4.69) is 10.4 Å². The number of likely N-dealkylation sites (N-methyl/N-ethyl adjacent to an activating group) is 1. The summed E-state index contributed by atoms with van der Waals surface area (Å²) in [7, 11) is 5.68. The monoisotopic (exact) mass is 282 g/mol. The molecule has 1 heterocycles. The fourth-order valence-electron chi connectivity index (χ4n) is 2.22. The van der Waals surface area contributed by atoms with E-state index in [0.29, 0.717) is 25.9 Å². The predicted molar refractivity (Wildman–Crippen MR) is 78.6 cm³/mol. The van der Waals surface area contributed by atoms with Crippen molar-refractivity contribution in [1.82, 2.24) is 20.0 Å². The van der Waals surface area contributed by atoms with Gasteiger partial charge in [-0.3, -0.25) is 9.48 Å². The second kappa shape index (κ2) is 7.40. The smallest absolute Gasteiger partial charge is 0.220 e. The van der Waals surface area contributed by atoms with Gasteiger partial charge in [-0.25, -0.2) is 0 Å². The molecule has 0 saturated carbocycles. The highest BCUT2D eigenvalue weighted by atomic mass is 16.3. The lowest BCUT2D eigenvalue weighted by Crippen LogP contribution is -2.37. The van der Waals surface area contributed by atoms with E-state index in [-0.39, 0.29) is 5.91 Å².